The maximum Gasteiger partial charge on any atom is 0.252 e. The van der Waals surface area contributed by atoms with Crippen molar-refractivity contribution in [1.82, 2.24) is 10.6 Å². The van der Waals surface area contributed by atoms with E-state index in [2.05, 4.69) is 33.2 Å². The van der Waals surface area contributed by atoms with Gasteiger partial charge in [-0.1, -0.05) is 12.1 Å². The Labute approximate surface area is 116 Å². The number of carbonyl (C=O) groups excluding carboxylic acids is 1. The second-order valence-corrected chi connectivity index (χ2v) is 5.51. The van der Waals surface area contributed by atoms with Crippen molar-refractivity contribution in [3.05, 3.63) is 32.9 Å². The van der Waals surface area contributed by atoms with E-state index in [0.29, 0.717) is 6.04 Å². The number of piperidine rings is 1. The largest absolute Gasteiger partial charge is 0.349 e. The molecular weight excluding hydrogens is 327 g/mol. The lowest BCUT2D eigenvalue weighted by molar-refractivity contribution is 0.0928. The average Bonchev–Trinajstić information content (AvgIpc) is 2.34. The molecule has 0 spiro atoms. The SMILES string of the molecule is Cc1cccc(C(=O)NC2CCNCC2)c1I. The molecule has 2 rings (SSSR count). The van der Waals surface area contributed by atoms with Crippen LogP contribution in [0.25, 0.3) is 0 Å². The van der Waals surface area contributed by atoms with Crippen molar-refractivity contribution in [1.29, 1.82) is 0 Å². The molecule has 0 atom stereocenters. The van der Waals surface area contributed by atoms with Gasteiger partial charge in [0.1, 0.15) is 0 Å². The van der Waals surface area contributed by atoms with Crippen molar-refractivity contribution in [3.63, 3.8) is 0 Å². The minimum atomic E-state index is 0.0602. The van der Waals surface area contributed by atoms with E-state index in [9.17, 15) is 4.79 Å². The molecule has 4 heteroatoms. The summed E-state index contributed by atoms with van der Waals surface area (Å²) in [5.74, 6) is 0.0602. The Morgan fingerprint density at radius 2 is 2.12 bits per heavy atom. The highest BCUT2D eigenvalue weighted by Gasteiger charge is 2.18. The summed E-state index contributed by atoms with van der Waals surface area (Å²) >= 11 is 2.24. The molecule has 1 saturated heterocycles. The fourth-order valence-electron chi connectivity index (χ4n) is 2.05. The van der Waals surface area contributed by atoms with Crippen LogP contribution in [0.2, 0.25) is 0 Å². The Hall–Kier alpha value is -0.620. The number of halogens is 1. The molecular formula is C13H17IN2O. The molecule has 0 aromatic heterocycles. The van der Waals surface area contributed by atoms with Gasteiger partial charge in [-0.25, -0.2) is 0 Å². The molecule has 1 aromatic rings. The van der Waals surface area contributed by atoms with Gasteiger partial charge >= 0.3 is 0 Å². The van der Waals surface area contributed by atoms with E-state index in [4.69, 9.17) is 0 Å². The van der Waals surface area contributed by atoms with Gasteiger partial charge in [0.15, 0.2) is 0 Å². The van der Waals surface area contributed by atoms with E-state index in [1.165, 1.54) is 0 Å². The van der Waals surface area contributed by atoms with Crippen LogP contribution in [-0.4, -0.2) is 25.0 Å². The lowest BCUT2D eigenvalue weighted by atomic mass is 10.1. The van der Waals surface area contributed by atoms with E-state index in [0.717, 1.165) is 40.6 Å². The average molecular weight is 344 g/mol. The Morgan fingerprint density at radius 1 is 1.41 bits per heavy atom. The Morgan fingerprint density at radius 3 is 2.82 bits per heavy atom. The van der Waals surface area contributed by atoms with Crippen LogP contribution in [0.5, 0.6) is 0 Å². The summed E-state index contributed by atoms with van der Waals surface area (Å²) in [6.07, 6.45) is 2.04. The zero-order chi connectivity index (χ0) is 12.3. The minimum absolute atomic E-state index is 0.0602. The fraction of sp³-hybridized carbons (Fsp3) is 0.462. The van der Waals surface area contributed by atoms with Gasteiger partial charge in [0.25, 0.3) is 5.91 Å². The van der Waals surface area contributed by atoms with Crippen LogP contribution in [0, 0.1) is 10.5 Å². The number of amides is 1. The number of carbonyl (C=O) groups is 1. The predicted octanol–water partition coefficient (Wildman–Crippen LogP) is 2.08. The normalized spacial score (nSPS) is 16.8. The van der Waals surface area contributed by atoms with Crippen LogP contribution in [0.4, 0.5) is 0 Å². The molecule has 1 aliphatic rings. The molecule has 2 N–H and O–H groups in total. The summed E-state index contributed by atoms with van der Waals surface area (Å²) in [4.78, 5) is 12.1. The molecule has 3 nitrogen and oxygen atoms in total. The molecule has 1 fully saturated rings. The number of nitrogens with one attached hydrogen (secondary N) is 2. The molecule has 1 amide bonds. The number of hydrogen-bond acceptors (Lipinski definition) is 2. The first-order chi connectivity index (χ1) is 8.18. The molecule has 92 valence electrons. The van der Waals surface area contributed by atoms with Crippen LogP contribution in [0.15, 0.2) is 18.2 Å². The van der Waals surface area contributed by atoms with Crippen molar-refractivity contribution in [3.8, 4) is 0 Å². The van der Waals surface area contributed by atoms with Crippen molar-refractivity contribution >= 4 is 28.5 Å². The molecule has 1 aromatic carbocycles. The summed E-state index contributed by atoms with van der Waals surface area (Å²) in [7, 11) is 0. The van der Waals surface area contributed by atoms with Crippen molar-refractivity contribution in [2.75, 3.05) is 13.1 Å². The third kappa shape index (κ3) is 3.19. The smallest absolute Gasteiger partial charge is 0.252 e. The van der Waals surface area contributed by atoms with Gasteiger partial charge in [-0.05, 0) is 67.1 Å². The zero-order valence-electron chi connectivity index (χ0n) is 9.92. The van der Waals surface area contributed by atoms with Crippen molar-refractivity contribution < 1.29 is 4.79 Å². The Kier molecular flexibility index (Phi) is 4.39. The molecule has 1 heterocycles. The highest BCUT2D eigenvalue weighted by molar-refractivity contribution is 14.1. The van der Waals surface area contributed by atoms with Crippen LogP contribution in [0.1, 0.15) is 28.8 Å². The van der Waals surface area contributed by atoms with Crippen molar-refractivity contribution in [2.45, 2.75) is 25.8 Å². The summed E-state index contributed by atoms with van der Waals surface area (Å²) in [6, 6.07) is 6.18. The van der Waals surface area contributed by atoms with E-state index in [-0.39, 0.29) is 5.91 Å². The number of hydrogen-bond donors (Lipinski definition) is 2. The monoisotopic (exact) mass is 344 g/mol. The molecule has 0 saturated carbocycles. The highest BCUT2D eigenvalue weighted by Crippen LogP contribution is 2.17. The summed E-state index contributed by atoms with van der Waals surface area (Å²) in [6.45, 7) is 4.02. The molecule has 0 bridgehead atoms. The zero-order valence-corrected chi connectivity index (χ0v) is 12.1. The number of aryl methyl sites for hydroxylation is 1. The molecule has 0 aliphatic carbocycles. The van der Waals surface area contributed by atoms with Gasteiger partial charge in [0.05, 0.1) is 5.56 Å². The van der Waals surface area contributed by atoms with Crippen LogP contribution in [0.3, 0.4) is 0 Å². The molecule has 17 heavy (non-hydrogen) atoms. The van der Waals surface area contributed by atoms with Gasteiger partial charge in [0, 0.05) is 9.61 Å². The van der Waals surface area contributed by atoms with Crippen LogP contribution in [-0.2, 0) is 0 Å². The van der Waals surface area contributed by atoms with E-state index in [1.54, 1.807) is 0 Å². The van der Waals surface area contributed by atoms with Crippen LogP contribution >= 0.6 is 22.6 Å². The molecule has 0 unspecified atom stereocenters. The lowest BCUT2D eigenvalue weighted by Gasteiger charge is -2.24. The fourth-order valence-corrected chi connectivity index (χ4v) is 2.66. The van der Waals surface area contributed by atoms with Crippen molar-refractivity contribution in [2.24, 2.45) is 0 Å². The number of rotatable bonds is 2. The Balaban J connectivity index is 2.06. The van der Waals surface area contributed by atoms with Gasteiger partial charge in [-0.15, -0.1) is 0 Å². The quantitative estimate of drug-likeness (QED) is 0.807. The van der Waals surface area contributed by atoms with E-state index in [1.807, 2.05) is 25.1 Å². The molecule has 1 aliphatic heterocycles. The van der Waals surface area contributed by atoms with E-state index < -0.39 is 0 Å². The maximum atomic E-state index is 12.1. The first-order valence-electron chi connectivity index (χ1n) is 5.95. The Bertz CT molecular complexity index is 414. The third-order valence-corrected chi connectivity index (χ3v) is 4.54. The predicted molar refractivity (Wildman–Crippen MR) is 77.3 cm³/mol. The first-order valence-corrected chi connectivity index (χ1v) is 7.03. The van der Waals surface area contributed by atoms with Gasteiger partial charge < -0.3 is 10.6 Å². The standard InChI is InChI=1S/C13H17IN2O/c1-9-3-2-4-11(12(9)14)13(17)16-10-5-7-15-8-6-10/h2-4,10,15H,5-8H2,1H3,(H,16,17). The maximum absolute atomic E-state index is 12.1. The first kappa shape index (κ1) is 12.8. The second-order valence-electron chi connectivity index (χ2n) is 4.43. The second kappa shape index (κ2) is 5.82. The summed E-state index contributed by atoms with van der Waals surface area (Å²) < 4.78 is 1.05. The van der Waals surface area contributed by atoms with Gasteiger partial charge in [-0.3, -0.25) is 4.79 Å². The lowest BCUT2D eigenvalue weighted by Crippen LogP contribution is -2.42. The van der Waals surface area contributed by atoms with Gasteiger partial charge in [-0.2, -0.15) is 0 Å². The highest BCUT2D eigenvalue weighted by atomic mass is 127. The van der Waals surface area contributed by atoms with Gasteiger partial charge in [0.2, 0.25) is 0 Å². The number of benzene rings is 1. The topological polar surface area (TPSA) is 41.1 Å². The summed E-state index contributed by atoms with van der Waals surface area (Å²) in [5, 5.41) is 6.41. The van der Waals surface area contributed by atoms with Crippen LogP contribution < -0.4 is 10.6 Å². The summed E-state index contributed by atoms with van der Waals surface area (Å²) in [5.41, 5.74) is 1.95. The minimum Gasteiger partial charge on any atom is -0.349 e. The molecule has 0 radical (unpaired) electrons. The van der Waals surface area contributed by atoms with E-state index >= 15 is 0 Å². The third-order valence-electron chi connectivity index (χ3n) is 3.11.